The Kier molecular flexibility index (Phi) is 7.04. The van der Waals surface area contributed by atoms with E-state index in [9.17, 15) is 14.4 Å². The maximum Gasteiger partial charge on any atom is 0.341 e. The predicted octanol–water partition coefficient (Wildman–Crippen LogP) is 5.13. The summed E-state index contributed by atoms with van der Waals surface area (Å²) in [7, 11) is 0. The van der Waals surface area contributed by atoms with Crippen LogP contribution in [0.4, 0.5) is 5.00 Å². The average Bonchev–Trinajstić information content (AvgIpc) is 3.42. The van der Waals surface area contributed by atoms with E-state index >= 15 is 0 Å². The molecule has 1 amide bonds. The number of amides is 1. The van der Waals surface area contributed by atoms with Crippen molar-refractivity contribution < 1.29 is 14.3 Å². The second-order valence-corrected chi connectivity index (χ2v) is 9.78. The van der Waals surface area contributed by atoms with Gasteiger partial charge in [-0.2, -0.15) is 5.10 Å². The summed E-state index contributed by atoms with van der Waals surface area (Å²) in [4.78, 5) is 40.0. The highest BCUT2D eigenvalue weighted by molar-refractivity contribution is 7.15. The van der Waals surface area contributed by atoms with Crippen molar-refractivity contribution in [3.63, 3.8) is 0 Å². The Morgan fingerprint density at radius 2 is 1.82 bits per heavy atom. The molecular weight excluding hydrogens is 470 g/mol. The second kappa shape index (κ2) is 10.1. The first kappa shape index (κ1) is 23.6. The van der Waals surface area contributed by atoms with Crippen LogP contribution < -0.4 is 10.9 Å². The van der Waals surface area contributed by atoms with Gasteiger partial charge in [-0.1, -0.05) is 29.8 Å². The summed E-state index contributed by atoms with van der Waals surface area (Å²) in [6, 6.07) is 14.7. The molecular formula is C25H23N3O4S2. The van der Waals surface area contributed by atoms with E-state index in [1.54, 1.807) is 24.3 Å². The molecule has 0 fully saturated rings. The quantitative estimate of drug-likeness (QED) is 0.360. The lowest BCUT2D eigenvalue weighted by atomic mass is 10.0. The molecule has 0 saturated carbocycles. The van der Waals surface area contributed by atoms with Crippen LogP contribution in [0.1, 0.15) is 27.7 Å². The van der Waals surface area contributed by atoms with Crippen LogP contribution in [0.2, 0.25) is 0 Å². The number of aryl methyl sites for hydroxylation is 2. The number of esters is 1. The summed E-state index contributed by atoms with van der Waals surface area (Å²) < 4.78 is 6.37. The van der Waals surface area contributed by atoms with Crippen LogP contribution in [0.5, 0.6) is 0 Å². The van der Waals surface area contributed by atoms with Gasteiger partial charge in [0, 0.05) is 21.9 Å². The lowest BCUT2D eigenvalue weighted by Crippen LogP contribution is -2.29. The van der Waals surface area contributed by atoms with Gasteiger partial charge in [-0.3, -0.25) is 9.59 Å². The Hall–Kier alpha value is -3.56. The van der Waals surface area contributed by atoms with Gasteiger partial charge in [0.2, 0.25) is 5.91 Å². The standard InChI is InChI=1S/C25H23N3O4S2/c1-4-32-25(31)23-18(17-8-5-15(2)6-9-17)14-33-24(23)26-21(29)13-28-22(30)12-10-19(27-28)20-11-7-16(3)34-20/h5-12,14H,4,13H2,1-3H3,(H,26,29). The largest absolute Gasteiger partial charge is 0.462 e. The van der Waals surface area contributed by atoms with E-state index in [1.165, 1.54) is 17.4 Å². The van der Waals surface area contributed by atoms with E-state index in [1.807, 2.05) is 55.6 Å². The Bertz CT molecular complexity index is 1400. The van der Waals surface area contributed by atoms with Gasteiger partial charge in [-0.05, 0) is 44.5 Å². The number of hydrogen-bond donors (Lipinski definition) is 1. The summed E-state index contributed by atoms with van der Waals surface area (Å²) in [5.41, 5.74) is 3.17. The maximum absolute atomic E-state index is 12.9. The molecule has 0 aliphatic rings. The molecule has 1 N–H and O–H groups in total. The van der Waals surface area contributed by atoms with E-state index in [-0.39, 0.29) is 18.7 Å². The number of carbonyl (C=O) groups is 2. The molecule has 174 valence electrons. The first-order valence-corrected chi connectivity index (χ1v) is 12.4. The first-order chi connectivity index (χ1) is 16.4. The fourth-order valence-electron chi connectivity index (χ4n) is 3.37. The number of thiophene rings is 2. The van der Waals surface area contributed by atoms with Crippen molar-refractivity contribution in [2.24, 2.45) is 0 Å². The van der Waals surface area contributed by atoms with Gasteiger partial charge in [0.25, 0.3) is 5.56 Å². The lowest BCUT2D eigenvalue weighted by Gasteiger charge is -2.10. The van der Waals surface area contributed by atoms with E-state index in [2.05, 4.69) is 10.4 Å². The zero-order valence-electron chi connectivity index (χ0n) is 19.0. The fourth-order valence-corrected chi connectivity index (χ4v) is 5.18. The number of rotatable bonds is 7. The van der Waals surface area contributed by atoms with Gasteiger partial charge >= 0.3 is 5.97 Å². The van der Waals surface area contributed by atoms with Gasteiger partial charge in [0.1, 0.15) is 22.8 Å². The summed E-state index contributed by atoms with van der Waals surface area (Å²) in [5, 5.41) is 9.31. The average molecular weight is 494 g/mol. The molecule has 0 spiro atoms. The van der Waals surface area contributed by atoms with Crippen LogP contribution in [0.25, 0.3) is 21.7 Å². The number of benzene rings is 1. The predicted molar refractivity (Wildman–Crippen MR) is 136 cm³/mol. The molecule has 34 heavy (non-hydrogen) atoms. The van der Waals surface area contributed by atoms with Crippen molar-refractivity contribution in [3.05, 3.63) is 80.3 Å². The molecule has 0 atom stereocenters. The molecule has 0 aliphatic heterocycles. The molecule has 7 nitrogen and oxygen atoms in total. The molecule has 0 aliphatic carbocycles. The second-order valence-electron chi connectivity index (χ2n) is 7.61. The molecule has 9 heteroatoms. The number of anilines is 1. The third kappa shape index (κ3) is 5.16. The third-order valence-corrected chi connectivity index (χ3v) is 6.96. The van der Waals surface area contributed by atoms with Crippen LogP contribution in [-0.2, 0) is 16.1 Å². The van der Waals surface area contributed by atoms with E-state index in [0.29, 0.717) is 21.8 Å². The van der Waals surface area contributed by atoms with Crippen molar-refractivity contribution in [3.8, 4) is 21.7 Å². The van der Waals surface area contributed by atoms with E-state index in [4.69, 9.17) is 4.74 Å². The van der Waals surface area contributed by atoms with Crippen LogP contribution in [0.15, 0.2) is 58.7 Å². The number of hydrogen-bond acceptors (Lipinski definition) is 7. The number of nitrogens with zero attached hydrogens (tertiary/aromatic N) is 2. The summed E-state index contributed by atoms with van der Waals surface area (Å²) in [6.07, 6.45) is 0. The van der Waals surface area contributed by atoms with Crippen LogP contribution in [0, 0.1) is 13.8 Å². The third-order valence-electron chi connectivity index (χ3n) is 5.04. The van der Waals surface area contributed by atoms with Crippen molar-refractivity contribution in [1.82, 2.24) is 9.78 Å². The van der Waals surface area contributed by atoms with Crippen molar-refractivity contribution in [1.29, 1.82) is 0 Å². The SMILES string of the molecule is CCOC(=O)c1c(-c2ccc(C)cc2)csc1NC(=O)Cn1nc(-c2ccc(C)s2)ccc1=O. The van der Waals surface area contributed by atoms with Crippen LogP contribution >= 0.6 is 22.7 Å². The van der Waals surface area contributed by atoms with Crippen molar-refractivity contribution in [2.45, 2.75) is 27.3 Å². The maximum atomic E-state index is 12.9. The van der Waals surface area contributed by atoms with Gasteiger partial charge in [-0.25, -0.2) is 9.48 Å². The molecule has 0 radical (unpaired) electrons. The lowest BCUT2D eigenvalue weighted by molar-refractivity contribution is -0.116. The zero-order valence-corrected chi connectivity index (χ0v) is 20.6. The number of aromatic nitrogens is 2. The Labute approximate surface area is 204 Å². The fraction of sp³-hybridized carbons (Fsp3) is 0.200. The van der Waals surface area contributed by atoms with Gasteiger partial charge in [-0.15, -0.1) is 22.7 Å². The molecule has 0 saturated heterocycles. The molecule has 3 aromatic heterocycles. The molecule has 4 aromatic rings. The molecule has 0 unspecified atom stereocenters. The monoisotopic (exact) mass is 493 g/mol. The molecule has 1 aromatic carbocycles. The zero-order chi connectivity index (χ0) is 24.2. The summed E-state index contributed by atoms with van der Waals surface area (Å²) in [6.45, 7) is 5.64. The molecule has 3 heterocycles. The van der Waals surface area contributed by atoms with Crippen LogP contribution in [0.3, 0.4) is 0 Å². The van der Waals surface area contributed by atoms with Crippen molar-refractivity contribution >= 4 is 39.6 Å². The summed E-state index contributed by atoms with van der Waals surface area (Å²) in [5.74, 6) is -0.975. The molecule has 4 rings (SSSR count). The minimum atomic E-state index is -0.514. The normalized spacial score (nSPS) is 10.8. The van der Waals surface area contributed by atoms with Gasteiger partial charge < -0.3 is 10.1 Å². The smallest absolute Gasteiger partial charge is 0.341 e. The Morgan fingerprint density at radius 1 is 1.06 bits per heavy atom. The highest BCUT2D eigenvalue weighted by atomic mass is 32.1. The number of ether oxygens (including phenoxy) is 1. The van der Waals surface area contributed by atoms with E-state index in [0.717, 1.165) is 25.6 Å². The first-order valence-electron chi connectivity index (χ1n) is 10.7. The van der Waals surface area contributed by atoms with Crippen LogP contribution in [-0.4, -0.2) is 28.3 Å². The Morgan fingerprint density at radius 3 is 2.50 bits per heavy atom. The topological polar surface area (TPSA) is 90.3 Å². The van der Waals surface area contributed by atoms with E-state index < -0.39 is 11.9 Å². The van der Waals surface area contributed by atoms with Crippen molar-refractivity contribution in [2.75, 3.05) is 11.9 Å². The highest BCUT2D eigenvalue weighted by Crippen LogP contribution is 2.36. The summed E-state index contributed by atoms with van der Waals surface area (Å²) >= 11 is 2.80. The number of carbonyl (C=O) groups excluding carboxylic acids is 2. The highest BCUT2D eigenvalue weighted by Gasteiger charge is 2.23. The van der Waals surface area contributed by atoms with Gasteiger partial charge in [0.05, 0.1) is 11.5 Å². The minimum absolute atomic E-state index is 0.212. The Balaban J connectivity index is 1.60. The number of nitrogens with one attached hydrogen (secondary N) is 1. The van der Waals surface area contributed by atoms with Gasteiger partial charge in [0.15, 0.2) is 0 Å². The minimum Gasteiger partial charge on any atom is -0.462 e. The molecule has 0 bridgehead atoms.